The van der Waals surface area contributed by atoms with Crippen LogP contribution in [0.1, 0.15) is 41.0 Å². The van der Waals surface area contributed by atoms with Crippen molar-refractivity contribution in [1.82, 2.24) is 0 Å². The monoisotopic (exact) mass is 170 g/mol. The summed E-state index contributed by atoms with van der Waals surface area (Å²) in [6.07, 6.45) is 4.91. The molecule has 0 aromatic carbocycles. The van der Waals surface area contributed by atoms with Gasteiger partial charge in [-0.15, -0.1) is 0 Å². The summed E-state index contributed by atoms with van der Waals surface area (Å²) in [4.78, 5) is 0. The quantitative estimate of drug-likeness (QED) is 0.393. The van der Waals surface area contributed by atoms with Crippen LogP contribution in [-0.2, 0) is 4.74 Å². The normalized spacial score (nSPS) is 9.00. The van der Waals surface area contributed by atoms with Gasteiger partial charge in [-0.05, 0) is 12.8 Å². The van der Waals surface area contributed by atoms with Crippen molar-refractivity contribution in [2.24, 2.45) is 0 Å². The van der Waals surface area contributed by atoms with Crippen molar-refractivity contribution >= 4 is 0 Å². The summed E-state index contributed by atoms with van der Waals surface area (Å²) in [6.45, 7) is 6.28. The van der Waals surface area contributed by atoms with Gasteiger partial charge < -0.3 is 6.16 Å². The van der Waals surface area contributed by atoms with Gasteiger partial charge in [-0.25, -0.2) is 0 Å². The van der Waals surface area contributed by atoms with Crippen LogP contribution < -0.4 is 51.4 Å². The van der Waals surface area contributed by atoms with Crippen LogP contribution in [0.25, 0.3) is 0 Å². The van der Waals surface area contributed by atoms with Gasteiger partial charge >= 0.3 is 51.4 Å². The maximum atomic E-state index is 5.31. The van der Waals surface area contributed by atoms with Crippen LogP contribution in [0.5, 0.6) is 0 Å². The fraction of sp³-hybridized carbons (Fsp3) is 1.00. The number of rotatable bonds is 6. The van der Waals surface area contributed by atoms with Crippen LogP contribution in [0, 0.1) is 0 Å². The van der Waals surface area contributed by atoms with E-state index in [0.717, 1.165) is 13.2 Å². The molecule has 0 amide bonds. The molecule has 0 radical (unpaired) electrons. The van der Waals surface area contributed by atoms with Crippen molar-refractivity contribution in [2.75, 3.05) is 13.2 Å². The molecule has 0 spiro atoms. The number of hydrogen-bond donors (Lipinski definition) is 0. The molecule has 0 saturated carbocycles. The fourth-order valence-electron chi connectivity index (χ4n) is 0.595. The fourth-order valence-corrected chi connectivity index (χ4v) is 0.595. The molecule has 0 N–H and O–H groups in total. The summed E-state index contributed by atoms with van der Waals surface area (Å²) in [6, 6.07) is 0. The molecule has 2 heteroatoms. The van der Waals surface area contributed by atoms with Crippen LogP contribution in [-0.4, -0.2) is 13.2 Å². The molecule has 58 valence electrons. The third-order valence-corrected chi connectivity index (χ3v) is 1.28. The molecule has 0 aliphatic rings. The molecular weight excluding hydrogens is 151 g/mol. The Morgan fingerprint density at radius 3 is 1.70 bits per heavy atom. The van der Waals surface area contributed by atoms with E-state index in [-0.39, 0.29) is 52.8 Å². The topological polar surface area (TPSA) is 9.23 Å². The second-order valence-electron chi connectivity index (χ2n) is 2.32. The summed E-state index contributed by atoms with van der Waals surface area (Å²) in [5, 5.41) is 0. The van der Waals surface area contributed by atoms with E-state index in [1.165, 1.54) is 25.7 Å². The van der Waals surface area contributed by atoms with Gasteiger partial charge in [0.05, 0.1) is 0 Å². The van der Waals surface area contributed by atoms with Crippen molar-refractivity contribution in [3.63, 3.8) is 0 Å². The third kappa shape index (κ3) is 12.3. The second-order valence-corrected chi connectivity index (χ2v) is 2.32. The molecule has 0 rings (SSSR count). The summed E-state index contributed by atoms with van der Waals surface area (Å²) in [5.41, 5.74) is 0. The zero-order valence-electron chi connectivity index (χ0n) is 8.65. The molecule has 0 atom stereocenters. The van der Waals surface area contributed by atoms with E-state index in [0.29, 0.717) is 0 Å². The van der Waals surface area contributed by atoms with E-state index in [4.69, 9.17) is 4.74 Å². The van der Waals surface area contributed by atoms with Gasteiger partial charge in [0.2, 0.25) is 0 Å². The van der Waals surface area contributed by atoms with E-state index in [1.807, 2.05) is 0 Å². The van der Waals surface area contributed by atoms with Gasteiger partial charge in [0.25, 0.3) is 0 Å². The van der Waals surface area contributed by atoms with E-state index < -0.39 is 0 Å². The summed E-state index contributed by atoms with van der Waals surface area (Å²) < 4.78 is 5.31. The van der Waals surface area contributed by atoms with Crippen molar-refractivity contribution < 1.29 is 57.5 Å². The van der Waals surface area contributed by atoms with E-state index in [1.54, 1.807) is 0 Å². The van der Waals surface area contributed by atoms with E-state index in [9.17, 15) is 0 Å². The molecule has 0 aromatic rings. The Balaban J connectivity index is -0.000000320. The second kappa shape index (κ2) is 13.2. The number of ether oxygens (including phenoxy) is 1. The van der Waals surface area contributed by atoms with Gasteiger partial charge in [-0.3, -0.25) is 0 Å². The SMILES string of the molecule is CCCCOCCCC.[H-].[K+]. The smallest absolute Gasteiger partial charge is 1.00 e. The number of unbranched alkanes of at least 4 members (excludes halogenated alkanes) is 2. The third-order valence-electron chi connectivity index (χ3n) is 1.28. The minimum Gasteiger partial charge on any atom is -1.00 e. The minimum atomic E-state index is 0. The molecule has 10 heavy (non-hydrogen) atoms. The predicted octanol–water partition coefficient (Wildman–Crippen LogP) is -0.280. The Labute approximate surface area is 109 Å². The summed E-state index contributed by atoms with van der Waals surface area (Å²) >= 11 is 0. The van der Waals surface area contributed by atoms with Crippen molar-refractivity contribution in [1.29, 1.82) is 0 Å². The predicted molar refractivity (Wildman–Crippen MR) is 41.7 cm³/mol. The Morgan fingerprint density at radius 2 is 1.40 bits per heavy atom. The maximum absolute atomic E-state index is 5.31. The standard InChI is InChI=1S/C8H18O.K.H/c1-3-5-7-9-8-6-4-2;;/h3-8H2,1-2H3;;/q;+1;-1. The largest absolute Gasteiger partial charge is 1.00 e. The van der Waals surface area contributed by atoms with Crippen LogP contribution in [0.4, 0.5) is 0 Å². The molecule has 0 bridgehead atoms. The first-order chi connectivity index (χ1) is 4.41. The van der Waals surface area contributed by atoms with E-state index in [2.05, 4.69) is 13.8 Å². The molecule has 0 fully saturated rings. The molecule has 0 saturated heterocycles. The molecular formula is C8H19KO. The van der Waals surface area contributed by atoms with Gasteiger partial charge in [0.15, 0.2) is 0 Å². The average Bonchev–Trinajstić information content (AvgIpc) is 1.89. The molecule has 0 aliphatic heterocycles. The number of hydrogen-bond acceptors (Lipinski definition) is 1. The van der Waals surface area contributed by atoms with Crippen molar-refractivity contribution in [3.05, 3.63) is 0 Å². The minimum absolute atomic E-state index is 0. The van der Waals surface area contributed by atoms with Gasteiger partial charge in [0.1, 0.15) is 0 Å². The molecule has 0 aromatic heterocycles. The maximum Gasteiger partial charge on any atom is 1.00 e. The van der Waals surface area contributed by atoms with Crippen molar-refractivity contribution in [3.8, 4) is 0 Å². The van der Waals surface area contributed by atoms with Crippen LogP contribution >= 0.6 is 0 Å². The summed E-state index contributed by atoms with van der Waals surface area (Å²) in [5.74, 6) is 0. The first-order valence-electron chi connectivity index (χ1n) is 3.99. The van der Waals surface area contributed by atoms with Gasteiger partial charge in [0, 0.05) is 13.2 Å². The summed E-state index contributed by atoms with van der Waals surface area (Å²) in [7, 11) is 0. The van der Waals surface area contributed by atoms with Gasteiger partial charge in [-0.2, -0.15) is 0 Å². The first kappa shape index (κ1) is 14.1. The Morgan fingerprint density at radius 1 is 1.00 bits per heavy atom. The van der Waals surface area contributed by atoms with Crippen LogP contribution in [0.2, 0.25) is 0 Å². The van der Waals surface area contributed by atoms with Gasteiger partial charge in [-0.1, -0.05) is 26.7 Å². The Hall–Kier alpha value is 1.60. The van der Waals surface area contributed by atoms with Crippen LogP contribution in [0.15, 0.2) is 0 Å². The molecule has 1 nitrogen and oxygen atoms in total. The first-order valence-corrected chi connectivity index (χ1v) is 3.99. The molecule has 0 unspecified atom stereocenters. The van der Waals surface area contributed by atoms with E-state index >= 15 is 0 Å². The zero-order valence-corrected chi connectivity index (χ0v) is 10.8. The van der Waals surface area contributed by atoms with Crippen molar-refractivity contribution in [2.45, 2.75) is 39.5 Å². The average molecular weight is 170 g/mol. The molecule has 0 aliphatic carbocycles. The Kier molecular flexibility index (Phi) is 18.7. The van der Waals surface area contributed by atoms with Crippen LogP contribution in [0.3, 0.4) is 0 Å². The zero-order chi connectivity index (χ0) is 6.95. The molecule has 0 heterocycles. The Bertz CT molecular complexity index is 47.4.